The number of hydrogen-bond acceptors (Lipinski definition) is 1. The summed E-state index contributed by atoms with van der Waals surface area (Å²) in [5.74, 6) is 1.88. The molecule has 0 aliphatic carbocycles. The van der Waals surface area contributed by atoms with E-state index in [2.05, 4.69) is 46.8 Å². The van der Waals surface area contributed by atoms with E-state index in [-0.39, 0.29) is 0 Å². The van der Waals surface area contributed by atoms with Crippen LogP contribution in [0, 0.1) is 17.8 Å². The second-order valence-corrected chi connectivity index (χ2v) is 4.93. The second-order valence-electron chi connectivity index (χ2n) is 4.93. The summed E-state index contributed by atoms with van der Waals surface area (Å²) in [6, 6.07) is 0. The van der Waals surface area contributed by atoms with Crippen molar-refractivity contribution in [2.24, 2.45) is 17.8 Å². The van der Waals surface area contributed by atoms with Crippen molar-refractivity contribution in [2.75, 3.05) is 6.61 Å². The van der Waals surface area contributed by atoms with E-state index in [1.165, 1.54) is 0 Å². The van der Waals surface area contributed by atoms with Crippen LogP contribution in [0.2, 0.25) is 0 Å². The molecule has 1 atom stereocenters. The van der Waals surface area contributed by atoms with Gasteiger partial charge in [0.1, 0.15) is 0 Å². The number of rotatable bonds is 4. The van der Waals surface area contributed by atoms with E-state index < -0.39 is 0 Å². The molecular weight excluding hydrogens is 172 g/mol. The van der Waals surface area contributed by atoms with Crippen molar-refractivity contribution in [3.05, 3.63) is 12.2 Å². The molecule has 0 aromatic carbocycles. The quantitative estimate of drug-likeness (QED) is 0.683. The van der Waals surface area contributed by atoms with Crippen LogP contribution in [0.1, 0.15) is 48.0 Å². The molecule has 14 heavy (non-hydrogen) atoms. The Bertz CT molecular complexity index is 122. The zero-order chi connectivity index (χ0) is 11.6. The standard InChI is InChI=1S/C9H18O.C4H10/c1-8(2)5-4-6-9(3)7-10;1-4(2)3/h4-5,8-10H,6-7H2,1-3H3;4H,1-3H3/b5-4+;/t9-;/m1./s1. The predicted molar refractivity (Wildman–Crippen MR) is 65.4 cm³/mol. The minimum atomic E-state index is 0.294. The molecule has 0 heterocycles. The number of hydrogen-bond donors (Lipinski definition) is 1. The highest BCUT2D eigenvalue weighted by molar-refractivity contribution is 4.85. The summed E-state index contributed by atoms with van der Waals surface area (Å²) in [5.41, 5.74) is 0. The molecule has 0 spiro atoms. The van der Waals surface area contributed by atoms with Crippen LogP contribution in [-0.2, 0) is 0 Å². The summed E-state index contributed by atoms with van der Waals surface area (Å²) in [5, 5.41) is 8.67. The molecule has 1 N–H and O–H groups in total. The van der Waals surface area contributed by atoms with Gasteiger partial charge in [0, 0.05) is 6.61 Å². The molecule has 0 aliphatic heterocycles. The Morgan fingerprint density at radius 2 is 1.43 bits per heavy atom. The molecule has 0 aromatic heterocycles. The fourth-order valence-electron chi connectivity index (χ4n) is 0.658. The lowest BCUT2D eigenvalue weighted by atomic mass is 10.1. The van der Waals surface area contributed by atoms with Crippen molar-refractivity contribution in [1.82, 2.24) is 0 Å². The normalized spacial score (nSPS) is 13.2. The molecular formula is C13H28O. The van der Waals surface area contributed by atoms with Crippen LogP contribution >= 0.6 is 0 Å². The molecule has 0 bridgehead atoms. The summed E-state index contributed by atoms with van der Waals surface area (Å²) in [6.45, 7) is 13.1. The van der Waals surface area contributed by atoms with E-state index in [1.807, 2.05) is 6.92 Å². The van der Waals surface area contributed by atoms with Crippen molar-refractivity contribution >= 4 is 0 Å². The summed E-state index contributed by atoms with van der Waals surface area (Å²) in [4.78, 5) is 0. The fourth-order valence-corrected chi connectivity index (χ4v) is 0.658. The molecule has 0 aromatic rings. The van der Waals surface area contributed by atoms with Gasteiger partial charge in [-0.25, -0.2) is 0 Å². The second kappa shape index (κ2) is 10.8. The lowest BCUT2D eigenvalue weighted by molar-refractivity contribution is 0.238. The van der Waals surface area contributed by atoms with Crippen LogP contribution in [0.15, 0.2) is 12.2 Å². The first kappa shape index (κ1) is 16.1. The van der Waals surface area contributed by atoms with Gasteiger partial charge in [0.15, 0.2) is 0 Å². The van der Waals surface area contributed by atoms with Gasteiger partial charge >= 0.3 is 0 Å². The first-order valence-electron chi connectivity index (χ1n) is 5.67. The molecule has 0 fully saturated rings. The van der Waals surface area contributed by atoms with Gasteiger partial charge in [0.2, 0.25) is 0 Å². The number of aliphatic hydroxyl groups is 1. The monoisotopic (exact) mass is 200 g/mol. The van der Waals surface area contributed by atoms with Crippen LogP contribution in [0.3, 0.4) is 0 Å². The van der Waals surface area contributed by atoms with Gasteiger partial charge < -0.3 is 5.11 Å². The smallest absolute Gasteiger partial charge is 0.0459 e. The summed E-state index contributed by atoms with van der Waals surface area (Å²) >= 11 is 0. The van der Waals surface area contributed by atoms with Gasteiger partial charge in [-0.2, -0.15) is 0 Å². The summed E-state index contributed by atoms with van der Waals surface area (Å²) in [7, 11) is 0. The Kier molecular flexibility index (Phi) is 12.4. The lowest BCUT2D eigenvalue weighted by Crippen LogP contribution is -1.97. The highest BCUT2D eigenvalue weighted by Gasteiger charge is 1.94. The van der Waals surface area contributed by atoms with Crippen LogP contribution in [0.25, 0.3) is 0 Å². The first-order chi connectivity index (χ1) is 6.40. The summed E-state index contributed by atoms with van der Waals surface area (Å²) < 4.78 is 0. The number of aliphatic hydroxyl groups excluding tert-OH is 1. The van der Waals surface area contributed by atoms with Gasteiger partial charge in [-0.1, -0.05) is 53.7 Å². The molecule has 0 amide bonds. The van der Waals surface area contributed by atoms with E-state index >= 15 is 0 Å². The van der Waals surface area contributed by atoms with E-state index in [1.54, 1.807) is 0 Å². The Morgan fingerprint density at radius 1 is 1.00 bits per heavy atom. The van der Waals surface area contributed by atoms with E-state index in [9.17, 15) is 0 Å². The molecule has 0 saturated carbocycles. The molecule has 0 saturated heterocycles. The van der Waals surface area contributed by atoms with E-state index in [4.69, 9.17) is 5.11 Å². The topological polar surface area (TPSA) is 20.2 Å². The van der Waals surface area contributed by atoms with Gasteiger partial charge in [-0.05, 0) is 24.2 Å². The Labute approximate surface area is 90.2 Å². The van der Waals surface area contributed by atoms with Crippen LogP contribution < -0.4 is 0 Å². The third kappa shape index (κ3) is 22.6. The van der Waals surface area contributed by atoms with Crippen molar-refractivity contribution in [3.8, 4) is 0 Å². The van der Waals surface area contributed by atoms with Crippen molar-refractivity contribution in [2.45, 2.75) is 48.0 Å². The Balaban J connectivity index is 0. The van der Waals surface area contributed by atoms with Crippen molar-refractivity contribution in [3.63, 3.8) is 0 Å². The molecule has 1 heteroatoms. The van der Waals surface area contributed by atoms with Crippen LogP contribution in [-0.4, -0.2) is 11.7 Å². The highest BCUT2D eigenvalue weighted by atomic mass is 16.3. The third-order valence-corrected chi connectivity index (χ3v) is 1.37. The Hall–Kier alpha value is -0.300. The maximum absolute atomic E-state index is 8.67. The van der Waals surface area contributed by atoms with Crippen molar-refractivity contribution < 1.29 is 5.11 Å². The van der Waals surface area contributed by atoms with Gasteiger partial charge in [0.25, 0.3) is 0 Å². The maximum Gasteiger partial charge on any atom is 0.0459 e. The van der Waals surface area contributed by atoms with E-state index in [0.717, 1.165) is 12.3 Å². The Morgan fingerprint density at radius 3 is 1.71 bits per heavy atom. The van der Waals surface area contributed by atoms with Crippen LogP contribution in [0.5, 0.6) is 0 Å². The average Bonchev–Trinajstić information content (AvgIpc) is 2.02. The SMILES string of the molecule is CC(C)/C=C/C[C@@H](C)CO.CC(C)C. The first-order valence-corrected chi connectivity index (χ1v) is 5.67. The highest BCUT2D eigenvalue weighted by Crippen LogP contribution is 2.03. The predicted octanol–water partition coefficient (Wildman–Crippen LogP) is 3.88. The third-order valence-electron chi connectivity index (χ3n) is 1.37. The largest absolute Gasteiger partial charge is 0.396 e. The zero-order valence-corrected chi connectivity index (χ0v) is 10.7. The van der Waals surface area contributed by atoms with Crippen molar-refractivity contribution in [1.29, 1.82) is 0 Å². The van der Waals surface area contributed by atoms with Gasteiger partial charge in [-0.15, -0.1) is 0 Å². The maximum atomic E-state index is 8.67. The van der Waals surface area contributed by atoms with Crippen LogP contribution in [0.4, 0.5) is 0 Å². The molecule has 0 aliphatic rings. The van der Waals surface area contributed by atoms with E-state index in [0.29, 0.717) is 18.4 Å². The van der Waals surface area contributed by atoms with Gasteiger partial charge in [0.05, 0.1) is 0 Å². The molecule has 1 nitrogen and oxygen atoms in total. The lowest BCUT2D eigenvalue weighted by Gasteiger charge is -2.02. The minimum Gasteiger partial charge on any atom is -0.396 e. The molecule has 0 rings (SSSR count). The zero-order valence-electron chi connectivity index (χ0n) is 10.7. The average molecular weight is 200 g/mol. The summed E-state index contributed by atoms with van der Waals surface area (Å²) in [6.07, 6.45) is 5.31. The molecule has 0 radical (unpaired) electrons. The minimum absolute atomic E-state index is 0.294. The molecule has 0 unspecified atom stereocenters. The van der Waals surface area contributed by atoms with Gasteiger partial charge in [-0.3, -0.25) is 0 Å². The number of allylic oxidation sites excluding steroid dienone is 2. The fraction of sp³-hybridized carbons (Fsp3) is 0.846. The molecule has 86 valence electrons.